The van der Waals surface area contributed by atoms with Crippen molar-refractivity contribution in [2.45, 2.75) is 6.10 Å². The van der Waals surface area contributed by atoms with Gasteiger partial charge in [-0.3, -0.25) is 9.89 Å². The number of aromatic amines is 1. The van der Waals surface area contributed by atoms with Gasteiger partial charge in [0.05, 0.1) is 35.7 Å². The van der Waals surface area contributed by atoms with Gasteiger partial charge in [0.2, 0.25) is 0 Å². The van der Waals surface area contributed by atoms with Crippen LogP contribution in [0.2, 0.25) is 0 Å². The van der Waals surface area contributed by atoms with E-state index in [1.54, 1.807) is 0 Å². The van der Waals surface area contributed by atoms with E-state index >= 15 is 0 Å². The van der Waals surface area contributed by atoms with Crippen LogP contribution in [-0.2, 0) is 4.74 Å². The summed E-state index contributed by atoms with van der Waals surface area (Å²) in [6.07, 6.45) is 0.286. The number of amides is 1. The number of nitrogens with zero attached hydrogens (tertiary/aromatic N) is 1. The number of benzene rings is 1. The predicted molar refractivity (Wildman–Crippen MR) is 74.2 cm³/mol. The summed E-state index contributed by atoms with van der Waals surface area (Å²) in [6, 6.07) is 3.40. The van der Waals surface area contributed by atoms with E-state index in [4.69, 9.17) is 4.74 Å². The number of hydrogen-bond donors (Lipinski definition) is 3. The number of aliphatic hydroxyl groups excluding tert-OH is 1. The van der Waals surface area contributed by atoms with Gasteiger partial charge in [-0.2, -0.15) is 5.10 Å². The van der Waals surface area contributed by atoms with Crippen LogP contribution in [0.5, 0.6) is 0 Å². The van der Waals surface area contributed by atoms with Gasteiger partial charge in [-0.25, -0.2) is 8.78 Å². The van der Waals surface area contributed by atoms with E-state index in [9.17, 15) is 18.7 Å². The number of halogens is 2. The molecule has 1 atom stereocenters. The van der Waals surface area contributed by atoms with Gasteiger partial charge >= 0.3 is 0 Å². The lowest BCUT2D eigenvalue weighted by Gasteiger charge is -2.11. The number of hydrogen-bond acceptors (Lipinski definition) is 4. The van der Waals surface area contributed by atoms with Crippen molar-refractivity contribution in [1.82, 2.24) is 15.5 Å². The number of aliphatic hydroxyl groups is 1. The molecule has 0 saturated carbocycles. The van der Waals surface area contributed by atoms with Crippen LogP contribution >= 0.6 is 0 Å². The summed E-state index contributed by atoms with van der Waals surface area (Å²) in [5, 5.41) is 18.0. The fourth-order valence-electron chi connectivity index (χ4n) is 1.94. The average molecular weight is 311 g/mol. The first kappa shape index (κ1) is 16.1. The van der Waals surface area contributed by atoms with Gasteiger partial charge in [-0.05, 0) is 12.1 Å². The van der Waals surface area contributed by atoms with Crippen molar-refractivity contribution in [3.8, 4) is 11.3 Å². The lowest BCUT2D eigenvalue weighted by Crippen LogP contribution is -2.34. The average Bonchev–Trinajstić information content (AvgIpc) is 2.94. The second-order valence-electron chi connectivity index (χ2n) is 4.57. The number of carbonyl (C=O) groups excluding carboxylic acids is 1. The van der Waals surface area contributed by atoms with Crippen molar-refractivity contribution in [2.24, 2.45) is 0 Å². The molecule has 1 aromatic carbocycles. The maximum Gasteiger partial charge on any atom is 0.255 e. The monoisotopic (exact) mass is 311 g/mol. The Balaban J connectivity index is 2.21. The molecule has 0 aliphatic heterocycles. The maximum atomic E-state index is 13.8. The van der Waals surface area contributed by atoms with E-state index in [0.29, 0.717) is 0 Å². The van der Waals surface area contributed by atoms with E-state index in [2.05, 4.69) is 15.5 Å². The van der Waals surface area contributed by atoms with Crippen molar-refractivity contribution >= 4 is 5.91 Å². The van der Waals surface area contributed by atoms with Gasteiger partial charge in [0.25, 0.3) is 5.91 Å². The van der Waals surface area contributed by atoms with E-state index < -0.39 is 23.6 Å². The number of ether oxygens (including phenoxy) is 1. The lowest BCUT2D eigenvalue weighted by molar-refractivity contribution is 0.0610. The molecule has 2 aromatic rings. The van der Waals surface area contributed by atoms with Gasteiger partial charge < -0.3 is 15.2 Å². The SMILES string of the molecule is COCC(O)CNC(=O)c1cn[nH]c1-c1c(F)cccc1F. The molecule has 1 unspecified atom stereocenters. The summed E-state index contributed by atoms with van der Waals surface area (Å²) in [5.74, 6) is -2.23. The molecule has 3 N–H and O–H groups in total. The molecular weight excluding hydrogens is 296 g/mol. The predicted octanol–water partition coefficient (Wildman–Crippen LogP) is 1.09. The molecule has 1 aromatic heterocycles. The van der Waals surface area contributed by atoms with Gasteiger partial charge in [0.15, 0.2) is 0 Å². The molecule has 118 valence electrons. The summed E-state index contributed by atoms with van der Waals surface area (Å²) < 4.78 is 32.3. The third-order valence-electron chi connectivity index (χ3n) is 2.95. The number of aromatic nitrogens is 2. The van der Waals surface area contributed by atoms with Crippen molar-refractivity contribution < 1.29 is 23.4 Å². The Morgan fingerprint density at radius 2 is 2.14 bits per heavy atom. The molecule has 0 aliphatic rings. The van der Waals surface area contributed by atoms with Crippen LogP contribution in [0.15, 0.2) is 24.4 Å². The Morgan fingerprint density at radius 3 is 2.77 bits per heavy atom. The zero-order chi connectivity index (χ0) is 16.1. The molecule has 6 nitrogen and oxygen atoms in total. The van der Waals surface area contributed by atoms with E-state index in [0.717, 1.165) is 12.1 Å². The summed E-state index contributed by atoms with van der Waals surface area (Å²) in [6.45, 7) is -0.00247. The van der Waals surface area contributed by atoms with E-state index in [-0.39, 0.29) is 30.0 Å². The molecule has 1 heterocycles. The van der Waals surface area contributed by atoms with Gasteiger partial charge in [0, 0.05) is 13.7 Å². The number of methoxy groups -OCH3 is 1. The molecule has 0 fully saturated rings. The Bertz CT molecular complexity index is 640. The second kappa shape index (κ2) is 7.10. The van der Waals surface area contributed by atoms with Gasteiger partial charge in [0.1, 0.15) is 11.6 Å². The van der Waals surface area contributed by atoms with Gasteiger partial charge in [-0.1, -0.05) is 6.07 Å². The minimum atomic E-state index is -0.880. The summed E-state index contributed by atoms with van der Waals surface area (Å²) >= 11 is 0. The second-order valence-corrected chi connectivity index (χ2v) is 4.57. The molecule has 0 saturated heterocycles. The number of H-pyrrole nitrogens is 1. The molecule has 0 radical (unpaired) electrons. The molecule has 0 bridgehead atoms. The van der Waals surface area contributed by atoms with Crippen molar-refractivity contribution in [3.05, 3.63) is 41.6 Å². The van der Waals surface area contributed by atoms with Crippen LogP contribution in [0.25, 0.3) is 11.3 Å². The molecule has 1 amide bonds. The fourth-order valence-corrected chi connectivity index (χ4v) is 1.94. The standard InChI is InChI=1S/C14H15F2N3O3/c1-22-7-8(20)5-17-14(21)9-6-18-19-13(9)12-10(15)3-2-4-11(12)16/h2-4,6,8,20H,5,7H2,1H3,(H,17,21)(H,18,19). The molecule has 0 aliphatic carbocycles. The first-order valence-corrected chi connectivity index (χ1v) is 6.47. The number of rotatable bonds is 6. The number of carbonyl (C=O) groups is 1. The van der Waals surface area contributed by atoms with Crippen molar-refractivity contribution in [3.63, 3.8) is 0 Å². The van der Waals surface area contributed by atoms with Gasteiger partial charge in [-0.15, -0.1) is 0 Å². The Kier molecular flexibility index (Phi) is 5.18. The summed E-state index contributed by atoms with van der Waals surface area (Å²) in [5.41, 5.74) is -0.439. The Hall–Kier alpha value is -2.32. The minimum Gasteiger partial charge on any atom is -0.389 e. The highest BCUT2D eigenvalue weighted by Gasteiger charge is 2.21. The number of nitrogens with one attached hydrogen (secondary N) is 2. The first-order valence-electron chi connectivity index (χ1n) is 6.47. The highest BCUT2D eigenvalue weighted by atomic mass is 19.1. The fraction of sp³-hybridized carbons (Fsp3) is 0.286. The Morgan fingerprint density at radius 1 is 1.45 bits per heavy atom. The Labute approximate surface area is 125 Å². The van der Waals surface area contributed by atoms with Crippen molar-refractivity contribution in [2.75, 3.05) is 20.3 Å². The quantitative estimate of drug-likeness (QED) is 0.745. The molecule has 0 spiro atoms. The first-order chi connectivity index (χ1) is 10.5. The third kappa shape index (κ3) is 3.46. The highest BCUT2D eigenvalue weighted by Crippen LogP contribution is 2.26. The zero-order valence-electron chi connectivity index (χ0n) is 11.8. The summed E-state index contributed by atoms with van der Waals surface area (Å²) in [4.78, 5) is 12.1. The van der Waals surface area contributed by atoms with Crippen LogP contribution in [0.3, 0.4) is 0 Å². The topological polar surface area (TPSA) is 87.2 Å². The third-order valence-corrected chi connectivity index (χ3v) is 2.95. The summed E-state index contributed by atoms with van der Waals surface area (Å²) in [7, 11) is 1.42. The highest BCUT2D eigenvalue weighted by molar-refractivity contribution is 5.99. The molecule has 2 rings (SSSR count). The maximum absolute atomic E-state index is 13.8. The minimum absolute atomic E-state index is 0.0198. The molecular formula is C14H15F2N3O3. The van der Waals surface area contributed by atoms with Crippen LogP contribution in [0.1, 0.15) is 10.4 Å². The largest absolute Gasteiger partial charge is 0.389 e. The van der Waals surface area contributed by atoms with E-state index in [1.165, 1.54) is 19.4 Å². The zero-order valence-corrected chi connectivity index (χ0v) is 11.8. The van der Waals surface area contributed by atoms with Crippen molar-refractivity contribution in [1.29, 1.82) is 0 Å². The normalized spacial score (nSPS) is 12.2. The van der Waals surface area contributed by atoms with Crippen LogP contribution < -0.4 is 5.32 Å². The molecule has 22 heavy (non-hydrogen) atoms. The van der Waals surface area contributed by atoms with E-state index in [1.807, 2.05) is 0 Å². The van der Waals surface area contributed by atoms with Crippen LogP contribution in [-0.4, -0.2) is 47.6 Å². The van der Waals surface area contributed by atoms with Crippen LogP contribution in [0.4, 0.5) is 8.78 Å². The smallest absolute Gasteiger partial charge is 0.255 e. The molecule has 8 heteroatoms. The lowest BCUT2D eigenvalue weighted by atomic mass is 10.1. The van der Waals surface area contributed by atoms with Crippen LogP contribution in [0, 0.1) is 11.6 Å².